The Morgan fingerprint density at radius 2 is 2.36 bits per heavy atom. The van der Waals surface area contributed by atoms with Crippen molar-refractivity contribution >= 4 is 24.0 Å². The van der Waals surface area contributed by atoms with Crippen molar-refractivity contribution in [3.05, 3.63) is 23.0 Å². The van der Waals surface area contributed by atoms with Gasteiger partial charge in [0.1, 0.15) is 5.52 Å². The number of nitrogens with zero attached hydrogens (tertiary/aromatic N) is 3. The molecule has 0 spiro atoms. The maximum absolute atomic E-state index is 10.9. The van der Waals surface area contributed by atoms with E-state index in [0.29, 0.717) is 11.2 Å². The number of H-pyrrole nitrogens is 1. The van der Waals surface area contributed by atoms with E-state index in [1.807, 2.05) is 0 Å². The van der Waals surface area contributed by atoms with Gasteiger partial charge in [0.25, 0.3) is 0 Å². The zero-order valence-electron chi connectivity index (χ0n) is 5.35. The molecule has 5 nitrogen and oxygen atoms in total. The van der Waals surface area contributed by atoms with Gasteiger partial charge in [-0.1, -0.05) is 12.8 Å². The molecule has 11 heavy (non-hydrogen) atoms. The molecule has 0 aliphatic heterocycles. The second-order valence-electron chi connectivity index (χ2n) is 1.99. The number of imidazole rings is 1. The van der Waals surface area contributed by atoms with Crippen LogP contribution in [0.2, 0.25) is 0 Å². The normalized spacial score (nSPS) is 10.6. The maximum atomic E-state index is 10.9. The van der Waals surface area contributed by atoms with Crippen LogP contribution in [0, 0.1) is 0 Å². The standard InChI is InChI=1S/C5H4N4OS/c10-5-6-1-3-4(9(5)11)8-2-7-3/h1-2,11H,(H,7,8). The summed E-state index contributed by atoms with van der Waals surface area (Å²) in [5.41, 5.74) is 0.765. The van der Waals surface area contributed by atoms with Crippen LogP contribution in [0.3, 0.4) is 0 Å². The molecule has 2 rings (SSSR count). The summed E-state index contributed by atoms with van der Waals surface area (Å²) in [5, 5.41) is 0. The molecule has 0 atom stereocenters. The molecular formula is C5H4N4OS. The molecule has 0 aliphatic carbocycles. The quantitative estimate of drug-likeness (QED) is 0.536. The number of aromatic nitrogens is 4. The summed E-state index contributed by atoms with van der Waals surface area (Å²) < 4.78 is 1.09. The van der Waals surface area contributed by atoms with E-state index in [9.17, 15) is 4.79 Å². The minimum atomic E-state index is -0.423. The largest absolute Gasteiger partial charge is 0.359 e. The minimum Gasteiger partial charge on any atom is -0.342 e. The van der Waals surface area contributed by atoms with Crippen LogP contribution in [0.5, 0.6) is 0 Å². The van der Waals surface area contributed by atoms with E-state index in [4.69, 9.17) is 0 Å². The fourth-order valence-electron chi connectivity index (χ4n) is 0.826. The molecule has 1 N–H and O–H groups in total. The van der Waals surface area contributed by atoms with Gasteiger partial charge in [-0.15, -0.1) is 0 Å². The van der Waals surface area contributed by atoms with Crippen LogP contribution in [0.25, 0.3) is 11.2 Å². The first kappa shape index (κ1) is 6.41. The fraction of sp³-hybridized carbons (Fsp3) is 0. The van der Waals surface area contributed by atoms with Crippen LogP contribution in [-0.4, -0.2) is 18.9 Å². The Bertz CT molecular complexity index is 445. The lowest BCUT2D eigenvalue weighted by atomic mass is 10.6. The lowest BCUT2D eigenvalue weighted by Gasteiger charge is -1.92. The van der Waals surface area contributed by atoms with E-state index in [0.717, 1.165) is 3.97 Å². The summed E-state index contributed by atoms with van der Waals surface area (Å²) in [6, 6.07) is 0. The molecule has 0 saturated carbocycles. The van der Waals surface area contributed by atoms with Crippen LogP contribution < -0.4 is 5.69 Å². The van der Waals surface area contributed by atoms with Gasteiger partial charge in [-0.2, -0.15) is 4.98 Å². The number of aromatic amines is 1. The SMILES string of the molecule is O=c1ncc2[nH]cnc2n1S. The highest BCUT2D eigenvalue weighted by atomic mass is 32.1. The zero-order chi connectivity index (χ0) is 7.84. The molecule has 0 fully saturated rings. The maximum Gasteiger partial charge on any atom is 0.359 e. The molecule has 56 valence electrons. The smallest absolute Gasteiger partial charge is 0.342 e. The number of hydrogen-bond donors (Lipinski definition) is 2. The van der Waals surface area contributed by atoms with Crippen molar-refractivity contribution in [2.75, 3.05) is 0 Å². The monoisotopic (exact) mass is 168 g/mol. The number of fused-ring (bicyclic) bond motifs is 1. The van der Waals surface area contributed by atoms with E-state index < -0.39 is 5.69 Å². The highest BCUT2D eigenvalue weighted by molar-refractivity contribution is 7.78. The van der Waals surface area contributed by atoms with Gasteiger partial charge in [-0.25, -0.2) is 13.8 Å². The first-order valence-electron chi connectivity index (χ1n) is 2.89. The molecule has 0 aliphatic rings. The van der Waals surface area contributed by atoms with E-state index in [-0.39, 0.29) is 0 Å². The van der Waals surface area contributed by atoms with E-state index in [1.54, 1.807) is 0 Å². The average molecular weight is 168 g/mol. The molecule has 2 heterocycles. The van der Waals surface area contributed by atoms with Gasteiger partial charge in [0.05, 0.1) is 12.5 Å². The molecule has 0 saturated heterocycles. The molecule has 0 radical (unpaired) electrons. The Labute approximate surface area is 66.6 Å². The van der Waals surface area contributed by atoms with Gasteiger partial charge in [0.2, 0.25) is 0 Å². The molecular weight excluding hydrogens is 164 g/mol. The first-order chi connectivity index (χ1) is 5.29. The predicted octanol–water partition coefficient (Wildman–Crippen LogP) is -0.188. The summed E-state index contributed by atoms with van der Waals surface area (Å²) >= 11 is 3.89. The van der Waals surface area contributed by atoms with Crippen molar-refractivity contribution in [3.8, 4) is 0 Å². The third-order valence-corrected chi connectivity index (χ3v) is 1.69. The second-order valence-corrected chi connectivity index (χ2v) is 2.39. The van der Waals surface area contributed by atoms with Crippen LogP contribution in [0.1, 0.15) is 0 Å². The third-order valence-electron chi connectivity index (χ3n) is 1.33. The van der Waals surface area contributed by atoms with Crippen molar-refractivity contribution in [3.63, 3.8) is 0 Å². The first-order valence-corrected chi connectivity index (χ1v) is 3.29. The number of hydrogen-bond acceptors (Lipinski definition) is 4. The van der Waals surface area contributed by atoms with Crippen molar-refractivity contribution < 1.29 is 0 Å². The van der Waals surface area contributed by atoms with Crippen molar-refractivity contribution in [2.45, 2.75) is 0 Å². The van der Waals surface area contributed by atoms with Crippen LogP contribution in [-0.2, 0) is 0 Å². The molecule has 0 unspecified atom stereocenters. The second kappa shape index (κ2) is 2.09. The topological polar surface area (TPSA) is 63.6 Å². The molecule has 2 aromatic heterocycles. The lowest BCUT2D eigenvalue weighted by molar-refractivity contribution is 1.06. The predicted molar refractivity (Wildman–Crippen MR) is 42.5 cm³/mol. The summed E-state index contributed by atoms with van der Waals surface area (Å²) in [6.07, 6.45) is 2.91. The van der Waals surface area contributed by atoms with Crippen molar-refractivity contribution in [1.82, 2.24) is 18.9 Å². The molecule has 2 aromatic rings. The summed E-state index contributed by atoms with van der Waals surface area (Å²) in [4.78, 5) is 21.1. The van der Waals surface area contributed by atoms with Crippen LogP contribution in [0.15, 0.2) is 17.3 Å². The third kappa shape index (κ3) is 0.829. The van der Waals surface area contributed by atoms with Crippen LogP contribution >= 0.6 is 12.8 Å². The Balaban J connectivity index is 3.04. The summed E-state index contributed by atoms with van der Waals surface area (Å²) in [5.74, 6) is 0. The Hall–Kier alpha value is -1.30. The van der Waals surface area contributed by atoms with E-state index >= 15 is 0 Å². The van der Waals surface area contributed by atoms with Gasteiger partial charge in [-0.05, 0) is 0 Å². The van der Waals surface area contributed by atoms with Gasteiger partial charge in [0.15, 0.2) is 5.65 Å². The number of nitrogens with one attached hydrogen (secondary N) is 1. The summed E-state index contributed by atoms with van der Waals surface area (Å²) in [6.45, 7) is 0. The van der Waals surface area contributed by atoms with Crippen molar-refractivity contribution in [1.29, 1.82) is 0 Å². The number of thiol groups is 1. The van der Waals surface area contributed by atoms with Gasteiger partial charge in [0, 0.05) is 0 Å². The van der Waals surface area contributed by atoms with Gasteiger partial charge < -0.3 is 4.98 Å². The van der Waals surface area contributed by atoms with Gasteiger partial charge >= 0.3 is 5.69 Å². The van der Waals surface area contributed by atoms with Crippen molar-refractivity contribution in [2.24, 2.45) is 0 Å². The molecule has 0 aromatic carbocycles. The van der Waals surface area contributed by atoms with E-state index in [2.05, 4.69) is 27.8 Å². The highest BCUT2D eigenvalue weighted by Crippen LogP contribution is 2.03. The summed E-state index contributed by atoms with van der Waals surface area (Å²) in [7, 11) is 0. The Morgan fingerprint density at radius 3 is 3.18 bits per heavy atom. The lowest BCUT2D eigenvalue weighted by Crippen LogP contribution is -2.15. The van der Waals surface area contributed by atoms with Gasteiger partial charge in [-0.3, -0.25) is 0 Å². The molecule has 0 amide bonds. The minimum absolute atomic E-state index is 0.423. The Morgan fingerprint density at radius 1 is 1.55 bits per heavy atom. The number of rotatable bonds is 0. The zero-order valence-corrected chi connectivity index (χ0v) is 6.25. The van der Waals surface area contributed by atoms with Crippen LogP contribution in [0.4, 0.5) is 0 Å². The molecule has 0 bridgehead atoms. The Kier molecular flexibility index (Phi) is 1.22. The average Bonchev–Trinajstić information content (AvgIpc) is 2.45. The molecule has 6 heteroatoms. The van der Waals surface area contributed by atoms with E-state index in [1.165, 1.54) is 12.5 Å². The highest BCUT2D eigenvalue weighted by Gasteiger charge is 2.00. The fourth-order valence-corrected chi connectivity index (χ4v) is 1.04.